The van der Waals surface area contributed by atoms with Gasteiger partial charge in [0, 0.05) is 5.69 Å². The zero-order valence-electron chi connectivity index (χ0n) is 9.46. The molecule has 1 heterocycles. The van der Waals surface area contributed by atoms with Crippen LogP contribution in [0.1, 0.15) is 5.69 Å². The van der Waals surface area contributed by atoms with E-state index in [9.17, 15) is 14.5 Å². The zero-order chi connectivity index (χ0) is 13.1. The van der Waals surface area contributed by atoms with E-state index in [4.69, 9.17) is 4.74 Å². The lowest BCUT2D eigenvalue weighted by Crippen LogP contribution is -1.96. The zero-order valence-corrected chi connectivity index (χ0v) is 9.46. The monoisotopic (exact) mass is 248 g/mol. The van der Waals surface area contributed by atoms with E-state index in [1.165, 1.54) is 18.3 Å². The second-order valence-corrected chi connectivity index (χ2v) is 3.58. The van der Waals surface area contributed by atoms with Gasteiger partial charge in [0.25, 0.3) is 0 Å². The molecule has 0 aliphatic rings. The Balaban J connectivity index is 2.37. The number of nitrogens with zero attached hydrogens (tertiary/aromatic N) is 2. The molecule has 0 unspecified atom stereocenters. The molecule has 0 saturated heterocycles. The molecule has 0 aliphatic carbocycles. The Labute approximate surface area is 102 Å². The van der Waals surface area contributed by atoms with Crippen molar-refractivity contribution in [3.05, 3.63) is 58.2 Å². The number of rotatable bonds is 3. The van der Waals surface area contributed by atoms with Gasteiger partial charge in [-0.1, -0.05) is 6.07 Å². The lowest BCUT2D eigenvalue weighted by atomic mass is 10.3. The highest BCUT2D eigenvalue weighted by atomic mass is 19.1. The summed E-state index contributed by atoms with van der Waals surface area (Å²) in [6, 6.07) is 7.00. The Morgan fingerprint density at radius 1 is 1.33 bits per heavy atom. The fraction of sp³-hybridized carbons (Fsp3) is 0.0833. The minimum Gasteiger partial charge on any atom is -0.448 e. The van der Waals surface area contributed by atoms with Crippen LogP contribution in [0.15, 0.2) is 36.5 Å². The highest BCUT2D eigenvalue weighted by Gasteiger charge is 2.21. The van der Waals surface area contributed by atoms with Crippen LogP contribution in [0.4, 0.5) is 10.1 Å². The van der Waals surface area contributed by atoms with Gasteiger partial charge < -0.3 is 4.74 Å². The van der Waals surface area contributed by atoms with Crippen LogP contribution in [0.5, 0.6) is 11.5 Å². The summed E-state index contributed by atoms with van der Waals surface area (Å²) in [6.07, 6.45) is 1.42. The lowest BCUT2D eigenvalue weighted by Gasteiger charge is -2.06. The summed E-state index contributed by atoms with van der Waals surface area (Å²) < 4.78 is 18.6. The van der Waals surface area contributed by atoms with Crippen molar-refractivity contribution in [3.8, 4) is 11.5 Å². The fourth-order valence-corrected chi connectivity index (χ4v) is 1.40. The summed E-state index contributed by atoms with van der Waals surface area (Å²) in [5.41, 5.74) is 0.106. The summed E-state index contributed by atoms with van der Waals surface area (Å²) in [7, 11) is 0. The average molecular weight is 248 g/mol. The van der Waals surface area contributed by atoms with Gasteiger partial charge >= 0.3 is 5.69 Å². The molecule has 2 rings (SSSR count). The number of benzene rings is 1. The summed E-state index contributed by atoms with van der Waals surface area (Å²) in [6.45, 7) is 1.80. The lowest BCUT2D eigenvalue weighted by molar-refractivity contribution is -0.388. The summed E-state index contributed by atoms with van der Waals surface area (Å²) >= 11 is 0. The maximum absolute atomic E-state index is 13.3. The topological polar surface area (TPSA) is 65.3 Å². The van der Waals surface area contributed by atoms with Gasteiger partial charge in [-0.05, 0) is 31.2 Å². The maximum atomic E-state index is 13.3. The standard InChI is InChI=1S/C12H9FN2O3/c1-8-5-6-9(7-14-8)18-11-4-2-3-10(13)12(11)15(16)17/h2-7H,1H3. The van der Waals surface area contributed by atoms with E-state index >= 15 is 0 Å². The first-order chi connectivity index (χ1) is 8.58. The Kier molecular flexibility index (Phi) is 3.18. The van der Waals surface area contributed by atoms with Gasteiger partial charge in [-0.3, -0.25) is 15.1 Å². The highest BCUT2D eigenvalue weighted by molar-refractivity contribution is 5.49. The van der Waals surface area contributed by atoms with Gasteiger partial charge in [0.1, 0.15) is 5.75 Å². The van der Waals surface area contributed by atoms with Crippen molar-refractivity contribution in [2.24, 2.45) is 0 Å². The molecule has 0 spiro atoms. The third-order valence-corrected chi connectivity index (χ3v) is 2.24. The average Bonchev–Trinajstić information content (AvgIpc) is 2.32. The molecule has 0 radical (unpaired) electrons. The predicted octanol–water partition coefficient (Wildman–Crippen LogP) is 3.23. The van der Waals surface area contributed by atoms with E-state index in [1.54, 1.807) is 19.1 Å². The second-order valence-electron chi connectivity index (χ2n) is 3.58. The van der Waals surface area contributed by atoms with Crippen molar-refractivity contribution in [3.63, 3.8) is 0 Å². The van der Waals surface area contributed by atoms with E-state index in [-0.39, 0.29) is 5.75 Å². The molecule has 1 aromatic heterocycles. The van der Waals surface area contributed by atoms with Gasteiger partial charge in [0.15, 0.2) is 0 Å². The van der Waals surface area contributed by atoms with Crippen LogP contribution in [-0.4, -0.2) is 9.91 Å². The van der Waals surface area contributed by atoms with Crippen molar-refractivity contribution < 1.29 is 14.1 Å². The first-order valence-electron chi connectivity index (χ1n) is 5.11. The number of pyridine rings is 1. The van der Waals surface area contributed by atoms with E-state index < -0.39 is 16.4 Å². The maximum Gasteiger partial charge on any atom is 0.346 e. The number of halogens is 1. The minimum atomic E-state index is -0.933. The smallest absolute Gasteiger partial charge is 0.346 e. The second kappa shape index (κ2) is 4.79. The van der Waals surface area contributed by atoms with Crippen LogP contribution in [0.2, 0.25) is 0 Å². The third kappa shape index (κ3) is 2.42. The third-order valence-electron chi connectivity index (χ3n) is 2.24. The van der Waals surface area contributed by atoms with Crippen LogP contribution >= 0.6 is 0 Å². The molecular formula is C12H9FN2O3. The van der Waals surface area contributed by atoms with Gasteiger partial charge in [-0.25, -0.2) is 0 Å². The fourth-order valence-electron chi connectivity index (χ4n) is 1.40. The molecule has 2 aromatic rings. The highest BCUT2D eigenvalue weighted by Crippen LogP contribution is 2.32. The normalized spacial score (nSPS) is 10.1. The minimum absolute atomic E-state index is 0.148. The molecule has 0 N–H and O–H groups in total. The number of nitro groups is 1. The molecule has 5 nitrogen and oxygen atoms in total. The first kappa shape index (κ1) is 12.0. The van der Waals surface area contributed by atoms with Gasteiger partial charge in [0.2, 0.25) is 11.6 Å². The Hall–Kier alpha value is -2.50. The number of nitro benzene ring substituents is 1. The molecule has 18 heavy (non-hydrogen) atoms. The van der Waals surface area contributed by atoms with Crippen LogP contribution in [0.3, 0.4) is 0 Å². The molecule has 92 valence electrons. The predicted molar refractivity (Wildman–Crippen MR) is 62.1 cm³/mol. The van der Waals surface area contributed by atoms with Crippen LogP contribution in [0, 0.1) is 22.9 Å². The molecule has 1 aromatic carbocycles. The number of ether oxygens (including phenoxy) is 1. The molecule has 0 bridgehead atoms. The molecule has 6 heteroatoms. The van der Waals surface area contributed by atoms with Crippen molar-refractivity contribution >= 4 is 5.69 Å². The summed E-state index contributed by atoms with van der Waals surface area (Å²) in [5.74, 6) is -0.766. The molecule has 0 atom stereocenters. The summed E-state index contributed by atoms with van der Waals surface area (Å²) in [5, 5.41) is 10.8. The van der Waals surface area contributed by atoms with Gasteiger partial charge in [0.05, 0.1) is 11.1 Å². The molecule has 0 aliphatic heterocycles. The molecule has 0 fully saturated rings. The van der Waals surface area contributed by atoms with E-state index in [1.807, 2.05) is 0 Å². The van der Waals surface area contributed by atoms with E-state index in [0.717, 1.165) is 11.8 Å². The number of para-hydroxylation sites is 1. The molecule has 0 amide bonds. The first-order valence-corrected chi connectivity index (χ1v) is 5.11. The molecule has 0 saturated carbocycles. The number of aromatic nitrogens is 1. The Morgan fingerprint density at radius 2 is 2.11 bits per heavy atom. The van der Waals surface area contributed by atoms with Gasteiger partial charge in [-0.15, -0.1) is 0 Å². The number of hydrogen-bond donors (Lipinski definition) is 0. The SMILES string of the molecule is Cc1ccc(Oc2cccc(F)c2[N+](=O)[O-])cn1. The van der Waals surface area contributed by atoms with Crippen molar-refractivity contribution in [1.29, 1.82) is 0 Å². The molecular weight excluding hydrogens is 239 g/mol. The van der Waals surface area contributed by atoms with E-state index in [0.29, 0.717) is 5.75 Å². The number of hydrogen-bond acceptors (Lipinski definition) is 4. The number of aryl methyl sites for hydroxylation is 1. The Bertz CT molecular complexity index is 584. The van der Waals surface area contributed by atoms with Crippen LogP contribution < -0.4 is 4.74 Å². The van der Waals surface area contributed by atoms with Crippen molar-refractivity contribution in [1.82, 2.24) is 4.98 Å². The van der Waals surface area contributed by atoms with E-state index in [2.05, 4.69) is 4.98 Å². The van der Waals surface area contributed by atoms with Crippen LogP contribution in [-0.2, 0) is 0 Å². The largest absolute Gasteiger partial charge is 0.448 e. The Morgan fingerprint density at radius 3 is 2.72 bits per heavy atom. The van der Waals surface area contributed by atoms with Crippen molar-refractivity contribution in [2.75, 3.05) is 0 Å². The van der Waals surface area contributed by atoms with Crippen LogP contribution in [0.25, 0.3) is 0 Å². The summed E-state index contributed by atoms with van der Waals surface area (Å²) in [4.78, 5) is 13.9. The quantitative estimate of drug-likeness (QED) is 0.617. The van der Waals surface area contributed by atoms with Crippen molar-refractivity contribution in [2.45, 2.75) is 6.92 Å². The van der Waals surface area contributed by atoms with Gasteiger partial charge in [-0.2, -0.15) is 4.39 Å².